The minimum absolute atomic E-state index is 0.0873. The average molecular weight is 487 g/mol. The summed E-state index contributed by atoms with van der Waals surface area (Å²) in [5.41, 5.74) is 2.73. The molecule has 36 heavy (non-hydrogen) atoms. The molecular formula is C29H34N4O3. The lowest BCUT2D eigenvalue weighted by molar-refractivity contribution is -0.127. The molecule has 0 bridgehead atoms. The van der Waals surface area contributed by atoms with Gasteiger partial charge in [-0.25, -0.2) is 4.68 Å². The third kappa shape index (κ3) is 5.15. The summed E-state index contributed by atoms with van der Waals surface area (Å²) in [5.74, 6) is 0.467. The van der Waals surface area contributed by atoms with Crippen molar-refractivity contribution >= 4 is 11.8 Å². The lowest BCUT2D eigenvalue weighted by Gasteiger charge is -2.33. The fourth-order valence-corrected chi connectivity index (χ4v) is 5.39. The molecule has 1 N–H and O–H groups in total. The topological polar surface area (TPSA) is 76.5 Å². The molecule has 3 aromatic rings. The van der Waals surface area contributed by atoms with Gasteiger partial charge in [-0.1, -0.05) is 49.6 Å². The number of aromatic nitrogens is 2. The number of hydrogen-bond donors (Lipinski definition) is 1. The van der Waals surface area contributed by atoms with Crippen molar-refractivity contribution in [2.24, 2.45) is 5.92 Å². The van der Waals surface area contributed by atoms with Gasteiger partial charge in [-0.3, -0.25) is 9.59 Å². The Hall–Kier alpha value is -3.61. The Labute approximate surface area is 212 Å². The fraction of sp³-hybridized carbons (Fsp3) is 0.414. The number of rotatable bonds is 6. The lowest BCUT2D eigenvalue weighted by atomic mass is 9.92. The molecular weight excluding hydrogens is 452 g/mol. The Morgan fingerprint density at radius 3 is 2.47 bits per heavy atom. The van der Waals surface area contributed by atoms with Crippen molar-refractivity contribution in [3.63, 3.8) is 0 Å². The fourth-order valence-electron chi connectivity index (χ4n) is 5.39. The zero-order valence-electron chi connectivity index (χ0n) is 20.9. The molecule has 5 rings (SSSR count). The van der Waals surface area contributed by atoms with Crippen LogP contribution in [0, 0.1) is 5.92 Å². The highest BCUT2D eigenvalue weighted by Gasteiger charge is 2.32. The van der Waals surface area contributed by atoms with E-state index in [0.717, 1.165) is 36.9 Å². The first-order chi connectivity index (χ1) is 17.6. The quantitative estimate of drug-likeness (QED) is 0.541. The molecule has 2 amide bonds. The number of ether oxygens (including phenoxy) is 1. The summed E-state index contributed by atoms with van der Waals surface area (Å²) in [7, 11) is 1.62. The highest BCUT2D eigenvalue weighted by Crippen LogP contribution is 2.33. The number of nitrogens with zero attached hydrogens (tertiary/aromatic N) is 3. The van der Waals surface area contributed by atoms with Crippen molar-refractivity contribution in [2.75, 3.05) is 20.2 Å². The van der Waals surface area contributed by atoms with E-state index in [-0.39, 0.29) is 23.8 Å². The third-order valence-electron chi connectivity index (χ3n) is 7.36. The number of likely N-dealkylation sites (tertiary alicyclic amines) is 1. The van der Waals surface area contributed by atoms with E-state index in [2.05, 4.69) is 5.32 Å². The molecule has 1 saturated heterocycles. The molecule has 1 unspecified atom stereocenters. The van der Waals surface area contributed by atoms with Crippen LogP contribution in [0.25, 0.3) is 16.9 Å². The number of piperidine rings is 1. The average Bonchev–Trinajstić information content (AvgIpc) is 3.39. The number of para-hydroxylation sites is 2. The summed E-state index contributed by atoms with van der Waals surface area (Å²) in [5, 5.41) is 8.07. The van der Waals surface area contributed by atoms with Gasteiger partial charge in [0.25, 0.3) is 5.91 Å². The lowest BCUT2D eigenvalue weighted by Crippen LogP contribution is -2.48. The van der Waals surface area contributed by atoms with Crippen LogP contribution in [-0.2, 0) is 4.79 Å². The first-order valence-electron chi connectivity index (χ1n) is 13.0. The second-order valence-electron chi connectivity index (χ2n) is 9.81. The van der Waals surface area contributed by atoms with Gasteiger partial charge in [-0.15, -0.1) is 0 Å². The Balaban J connectivity index is 1.42. The van der Waals surface area contributed by atoms with Crippen molar-refractivity contribution in [2.45, 2.75) is 51.0 Å². The molecule has 1 saturated carbocycles. The number of amides is 2. The van der Waals surface area contributed by atoms with Gasteiger partial charge in [0.2, 0.25) is 5.91 Å². The first-order valence-corrected chi connectivity index (χ1v) is 13.0. The molecule has 2 aliphatic rings. The maximum atomic E-state index is 13.9. The molecule has 188 valence electrons. The highest BCUT2D eigenvalue weighted by molar-refractivity contribution is 6.01. The van der Waals surface area contributed by atoms with Crippen LogP contribution in [0.5, 0.6) is 5.75 Å². The van der Waals surface area contributed by atoms with Crippen molar-refractivity contribution in [1.29, 1.82) is 0 Å². The SMILES string of the molecule is COc1ccccc1-c1nn(-c2ccccc2)cc1C(=O)N1CCCC(C(=O)NC2CCCCC2)C1. The van der Waals surface area contributed by atoms with Crippen LogP contribution in [0.2, 0.25) is 0 Å². The molecule has 0 spiro atoms. The summed E-state index contributed by atoms with van der Waals surface area (Å²) < 4.78 is 7.33. The standard InChI is InChI=1S/C29H34N4O3/c1-36-26-17-9-8-16-24(26)27-25(20-33(31-27)23-14-6-3-7-15-23)29(35)32-18-10-11-21(19-32)28(34)30-22-12-4-2-5-13-22/h3,6-9,14-17,20-22H,2,4-5,10-13,18-19H2,1H3,(H,30,34). The molecule has 1 aliphatic carbocycles. The summed E-state index contributed by atoms with van der Waals surface area (Å²) >= 11 is 0. The summed E-state index contributed by atoms with van der Waals surface area (Å²) in [6.45, 7) is 1.06. The van der Waals surface area contributed by atoms with Gasteiger partial charge in [-0.2, -0.15) is 5.10 Å². The molecule has 2 fully saturated rings. The molecule has 1 aliphatic heterocycles. The van der Waals surface area contributed by atoms with Gasteiger partial charge in [0, 0.05) is 30.9 Å². The van der Waals surface area contributed by atoms with Crippen LogP contribution in [-0.4, -0.2) is 52.7 Å². The van der Waals surface area contributed by atoms with Gasteiger partial charge in [-0.05, 0) is 49.9 Å². The molecule has 7 heteroatoms. The van der Waals surface area contributed by atoms with Crippen molar-refractivity contribution in [3.05, 3.63) is 66.4 Å². The normalized spacial score (nSPS) is 18.6. The number of carbonyl (C=O) groups is 2. The van der Waals surface area contributed by atoms with Gasteiger partial charge in [0.15, 0.2) is 0 Å². The molecule has 2 aromatic carbocycles. The smallest absolute Gasteiger partial charge is 0.257 e. The maximum absolute atomic E-state index is 13.9. The summed E-state index contributed by atoms with van der Waals surface area (Å²) in [6.07, 6.45) is 9.14. The van der Waals surface area contributed by atoms with Crippen molar-refractivity contribution < 1.29 is 14.3 Å². The van der Waals surface area contributed by atoms with E-state index >= 15 is 0 Å². The molecule has 2 heterocycles. The predicted octanol–water partition coefficient (Wildman–Crippen LogP) is 4.85. The van der Waals surface area contributed by atoms with E-state index in [0.29, 0.717) is 30.1 Å². The van der Waals surface area contributed by atoms with E-state index < -0.39 is 0 Å². The highest BCUT2D eigenvalue weighted by atomic mass is 16.5. The van der Waals surface area contributed by atoms with Crippen LogP contribution in [0.4, 0.5) is 0 Å². The third-order valence-corrected chi connectivity index (χ3v) is 7.36. The van der Waals surface area contributed by atoms with E-state index in [1.807, 2.05) is 59.5 Å². The summed E-state index contributed by atoms with van der Waals surface area (Å²) in [4.78, 5) is 28.8. The van der Waals surface area contributed by atoms with Gasteiger partial charge in [0.05, 0.1) is 24.3 Å². The van der Waals surface area contributed by atoms with E-state index in [9.17, 15) is 9.59 Å². The first kappa shape index (κ1) is 24.1. The van der Waals surface area contributed by atoms with Gasteiger partial charge < -0.3 is 15.0 Å². The largest absolute Gasteiger partial charge is 0.496 e. The number of hydrogen-bond acceptors (Lipinski definition) is 4. The van der Waals surface area contributed by atoms with E-state index in [1.165, 1.54) is 19.3 Å². The molecule has 1 atom stereocenters. The predicted molar refractivity (Wildman–Crippen MR) is 139 cm³/mol. The van der Waals surface area contributed by atoms with Crippen molar-refractivity contribution in [3.8, 4) is 22.7 Å². The maximum Gasteiger partial charge on any atom is 0.257 e. The van der Waals surface area contributed by atoms with Crippen LogP contribution in [0.1, 0.15) is 55.3 Å². The van der Waals surface area contributed by atoms with Crippen LogP contribution < -0.4 is 10.1 Å². The second kappa shape index (κ2) is 11.0. The summed E-state index contributed by atoms with van der Waals surface area (Å²) in [6, 6.07) is 17.6. The molecule has 1 aromatic heterocycles. The van der Waals surface area contributed by atoms with Crippen LogP contribution in [0.15, 0.2) is 60.8 Å². The van der Waals surface area contributed by atoms with Gasteiger partial charge >= 0.3 is 0 Å². The Morgan fingerprint density at radius 1 is 0.944 bits per heavy atom. The Kier molecular flexibility index (Phi) is 7.35. The molecule has 0 radical (unpaired) electrons. The number of benzene rings is 2. The zero-order valence-corrected chi connectivity index (χ0v) is 20.9. The minimum atomic E-state index is -0.177. The Bertz CT molecular complexity index is 1200. The number of nitrogens with one attached hydrogen (secondary N) is 1. The van der Waals surface area contributed by atoms with Crippen molar-refractivity contribution in [1.82, 2.24) is 20.0 Å². The number of carbonyl (C=O) groups excluding carboxylic acids is 2. The molecule has 7 nitrogen and oxygen atoms in total. The minimum Gasteiger partial charge on any atom is -0.496 e. The van der Waals surface area contributed by atoms with Crippen LogP contribution in [0.3, 0.4) is 0 Å². The van der Waals surface area contributed by atoms with Gasteiger partial charge in [0.1, 0.15) is 11.4 Å². The zero-order chi connectivity index (χ0) is 24.9. The number of methoxy groups -OCH3 is 1. The Morgan fingerprint density at radius 2 is 1.69 bits per heavy atom. The monoisotopic (exact) mass is 486 g/mol. The second-order valence-corrected chi connectivity index (χ2v) is 9.81. The van der Waals surface area contributed by atoms with E-state index in [4.69, 9.17) is 9.84 Å². The van der Waals surface area contributed by atoms with E-state index in [1.54, 1.807) is 18.0 Å². The van der Waals surface area contributed by atoms with Crippen LogP contribution >= 0.6 is 0 Å².